The summed E-state index contributed by atoms with van der Waals surface area (Å²) in [4.78, 5) is 22.6. The van der Waals surface area contributed by atoms with Gasteiger partial charge in [-0.05, 0) is 56.2 Å². The van der Waals surface area contributed by atoms with E-state index < -0.39 is 0 Å². The molecule has 0 fully saturated rings. The third kappa shape index (κ3) is 9.26. The molecule has 1 N–H and O–H groups in total. The van der Waals surface area contributed by atoms with Crippen molar-refractivity contribution in [3.63, 3.8) is 0 Å². The minimum Gasteiger partial charge on any atom is -0.378 e. The quantitative estimate of drug-likeness (QED) is 0.398. The van der Waals surface area contributed by atoms with Gasteiger partial charge in [-0.1, -0.05) is 44.9 Å². The molecule has 0 aromatic heterocycles. The normalized spacial score (nSPS) is 12.6. The van der Waals surface area contributed by atoms with E-state index in [1.807, 2.05) is 40.9 Å². The number of anilines is 1. The molecule has 0 saturated carbocycles. The number of nitrogens with one attached hydrogen (secondary N) is 1. The second-order valence-corrected chi connectivity index (χ2v) is 7.40. The smallest absolute Gasteiger partial charge is 0.224 e. The van der Waals surface area contributed by atoms with Gasteiger partial charge in [0.1, 0.15) is 0 Å². The monoisotopic (exact) mass is 418 g/mol. The molecule has 0 saturated heterocycles. The molecule has 0 aliphatic heterocycles. The van der Waals surface area contributed by atoms with E-state index in [2.05, 4.69) is 64.2 Å². The highest BCUT2D eigenvalue weighted by atomic mass is 16.1. The summed E-state index contributed by atoms with van der Waals surface area (Å²) < 4.78 is 0. The number of rotatable bonds is 10. The van der Waals surface area contributed by atoms with Gasteiger partial charge in [0.15, 0.2) is 0 Å². The van der Waals surface area contributed by atoms with Crippen LogP contribution in [0, 0.1) is 0 Å². The Morgan fingerprint density at radius 2 is 1.65 bits per heavy atom. The number of carbonyl (C=O) groups excluding carboxylic acids is 1. The van der Waals surface area contributed by atoms with Gasteiger partial charge in [-0.15, -0.1) is 0 Å². The van der Waals surface area contributed by atoms with Crippen LogP contribution in [-0.4, -0.2) is 31.4 Å². The number of hydrogen-bond donors (Lipinski definition) is 1. The molecule has 0 aliphatic carbocycles. The molecule has 0 unspecified atom stereocenters. The number of allylic oxidation sites excluding steroid dienone is 5. The van der Waals surface area contributed by atoms with Crippen molar-refractivity contribution in [1.29, 1.82) is 0 Å². The van der Waals surface area contributed by atoms with Crippen LogP contribution in [-0.2, 0) is 4.79 Å². The van der Waals surface area contributed by atoms with E-state index >= 15 is 0 Å². The Bertz CT molecular complexity index is 958. The van der Waals surface area contributed by atoms with Crippen LogP contribution in [0.5, 0.6) is 0 Å². The maximum atomic E-state index is 11.4. The van der Waals surface area contributed by atoms with Crippen molar-refractivity contribution in [2.75, 3.05) is 19.0 Å². The highest BCUT2D eigenvalue weighted by Gasteiger charge is 2.01. The molecule has 5 nitrogen and oxygen atoms in total. The first-order valence-electron chi connectivity index (χ1n) is 10.1. The molecule has 164 valence electrons. The van der Waals surface area contributed by atoms with E-state index in [9.17, 15) is 4.79 Å². The first-order chi connectivity index (χ1) is 14.5. The van der Waals surface area contributed by atoms with Gasteiger partial charge in [0, 0.05) is 49.0 Å². The van der Waals surface area contributed by atoms with Crippen molar-refractivity contribution in [1.82, 2.24) is 5.32 Å². The minimum atomic E-state index is -0.0795. The summed E-state index contributed by atoms with van der Waals surface area (Å²) in [6.07, 6.45) is 5.70. The summed E-state index contributed by atoms with van der Waals surface area (Å²) in [6.45, 7) is 19.3. The molecule has 0 spiro atoms. The Balaban J connectivity index is 2.81. The van der Waals surface area contributed by atoms with E-state index in [1.165, 1.54) is 0 Å². The predicted octanol–water partition coefficient (Wildman–Crippen LogP) is 5.59. The van der Waals surface area contributed by atoms with Crippen LogP contribution < -0.4 is 10.2 Å². The lowest BCUT2D eigenvalue weighted by Crippen LogP contribution is -2.19. The first-order valence-corrected chi connectivity index (χ1v) is 10.1. The van der Waals surface area contributed by atoms with Crippen LogP contribution in [0.1, 0.15) is 39.7 Å². The van der Waals surface area contributed by atoms with Crippen molar-refractivity contribution < 1.29 is 4.79 Å². The topological polar surface area (TPSA) is 57.1 Å². The Morgan fingerprint density at radius 3 is 2.19 bits per heavy atom. The molecule has 1 rings (SSSR count). The van der Waals surface area contributed by atoms with Gasteiger partial charge in [-0.25, -0.2) is 0 Å². The molecule has 1 aromatic carbocycles. The van der Waals surface area contributed by atoms with Crippen molar-refractivity contribution in [3.05, 3.63) is 90.5 Å². The number of hydrogen-bond acceptors (Lipinski definition) is 4. The summed E-state index contributed by atoms with van der Waals surface area (Å²) in [5, 5.41) is 2.69. The van der Waals surface area contributed by atoms with E-state index in [0.717, 1.165) is 28.4 Å². The lowest BCUT2D eigenvalue weighted by atomic mass is 10.1. The van der Waals surface area contributed by atoms with Gasteiger partial charge in [0.25, 0.3) is 0 Å². The summed E-state index contributed by atoms with van der Waals surface area (Å²) in [7, 11) is 4.03. The van der Waals surface area contributed by atoms with Gasteiger partial charge >= 0.3 is 0 Å². The van der Waals surface area contributed by atoms with E-state index in [4.69, 9.17) is 0 Å². The maximum Gasteiger partial charge on any atom is 0.224 e. The average Bonchev–Trinajstić information content (AvgIpc) is 2.71. The second kappa shape index (κ2) is 12.3. The molecule has 1 aromatic rings. The van der Waals surface area contributed by atoms with Crippen molar-refractivity contribution >= 4 is 23.0 Å². The average molecular weight is 419 g/mol. The third-order valence-corrected chi connectivity index (χ3v) is 4.40. The summed E-state index contributed by atoms with van der Waals surface area (Å²) >= 11 is 0. The summed E-state index contributed by atoms with van der Waals surface area (Å²) in [6, 6.07) is 8.26. The number of aliphatic imine (C=N–C) groups is 2. The second-order valence-electron chi connectivity index (χ2n) is 7.40. The van der Waals surface area contributed by atoms with Crippen molar-refractivity contribution in [2.45, 2.75) is 34.1 Å². The van der Waals surface area contributed by atoms with E-state index in [0.29, 0.717) is 23.4 Å². The predicted molar refractivity (Wildman–Crippen MR) is 135 cm³/mol. The third-order valence-electron chi connectivity index (χ3n) is 4.40. The first kappa shape index (κ1) is 25.6. The van der Waals surface area contributed by atoms with Crippen LogP contribution >= 0.6 is 0 Å². The Hall–Kier alpha value is -3.47. The van der Waals surface area contributed by atoms with E-state index in [-0.39, 0.29) is 5.91 Å². The maximum absolute atomic E-state index is 11.4. The Labute approximate surface area is 187 Å². The summed E-state index contributed by atoms with van der Waals surface area (Å²) in [5.74, 6) is -0.0795. The minimum absolute atomic E-state index is 0.0795. The fraction of sp³-hybridized carbons (Fsp3) is 0.269. The van der Waals surface area contributed by atoms with Crippen LogP contribution in [0.2, 0.25) is 0 Å². The van der Waals surface area contributed by atoms with Gasteiger partial charge in [-0.2, -0.15) is 0 Å². The fourth-order valence-electron chi connectivity index (χ4n) is 2.55. The SMILES string of the molecule is C=C(/C=C(\C)N=C(C)c1ccc(N(C)C)cc1)N=C(C)C(=C)/C=C\C(=C)NC(=O)CC. The molecule has 1 amide bonds. The Kier molecular flexibility index (Phi) is 10.1. The van der Waals surface area contributed by atoms with Gasteiger partial charge in [0.05, 0.1) is 5.70 Å². The van der Waals surface area contributed by atoms with E-state index in [1.54, 1.807) is 19.1 Å². The zero-order valence-electron chi connectivity index (χ0n) is 19.6. The number of benzene rings is 1. The van der Waals surface area contributed by atoms with Crippen LogP contribution in [0.15, 0.2) is 94.9 Å². The molecule has 0 atom stereocenters. The summed E-state index contributed by atoms with van der Waals surface area (Å²) in [5.41, 5.74) is 6.48. The zero-order chi connectivity index (χ0) is 23.6. The highest BCUT2D eigenvalue weighted by molar-refractivity contribution is 6.01. The van der Waals surface area contributed by atoms with Crippen LogP contribution in [0.4, 0.5) is 5.69 Å². The lowest BCUT2D eigenvalue weighted by molar-refractivity contribution is -0.119. The molecule has 0 aliphatic rings. The fourth-order valence-corrected chi connectivity index (χ4v) is 2.55. The van der Waals surface area contributed by atoms with Crippen LogP contribution in [0.3, 0.4) is 0 Å². The highest BCUT2D eigenvalue weighted by Crippen LogP contribution is 2.14. The number of nitrogens with zero attached hydrogens (tertiary/aromatic N) is 3. The van der Waals surface area contributed by atoms with Crippen molar-refractivity contribution in [2.24, 2.45) is 9.98 Å². The molecular formula is C26H34N4O. The lowest BCUT2D eigenvalue weighted by Gasteiger charge is -2.12. The number of carbonyl (C=O) groups is 1. The molecule has 5 heteroatoms. The molecular weight excluding hydrogens is 384 g/mol. The zero-order valence-corrected chi connectivity index (χ0v) is 19.6. The number of amides is 1. The standard InChI is InChI=1S/C26H34N4O/c1-10-26(31)29-19(3)12-11-18(2)22(6)27-20(4)17-21(5)28-23(7)24-13-15-25(16-14-24)30(8)9/h11-17H,2-4,10H2,1,5-9H3,(H,29,31)/b12-11-,21-17+,27-22?,28-23?. The molecule has 0 heterocycles. The molecule has 0 bridgehead atoms. The van der Waals surface area contributed by atoms with Crippen molar-refractivity contribution in [3.8, 4) is 0 Å². The van der Waals surface area contributed by atoms with Crippen LogP contribution in [0.25, 0.3) is 0 Å². The molecule has 0 radical (unpaired) electrons. The molecule has 31 heavy (non-hydrogen) atoms. The Morgan fingerprint density at radius 1 is 1.03 bits per heavy atom. The van der Waals surface area contributed by atoms with Gasteiger partial charge < -0.3 is 10.2 Å². The van der Waals surface area contributed by atoms with Gasteiger partial charge in [0.2, 0.25) is 5.91 Å². The van der Waals surface area contributed by atoms with Gasteiger partial charge in [-0.3, -0.25) is 14.8 Å². The largest absolute Gasteiger partial charge is 0.378 e.